The third kappa shape index (κ3) is 6.04. The van der Waals surface area contributed by atoms with E-state index in [-0.39, 0.29) is 18.1 Å². The number of aliphatic hydroxyl groups is 2. The van der Waals surface area contributed by atoms with Crippen LogP contribution in [-0.4, -0.2) is 50.5 Å². The third-order valence-corrected chi connectivity index (χ3v) is 7.68. The molecule has 0 aliphatic carbocycles. The number of aromatic nitrogens is 1. The van der Waals surface area contributed by atoms with Crippen molar-refractivity contribution >= 4 is 17.8 Å². The van der Waals surface area contributed by atoms with Gasteiger partial charge < -0.3 is 24.1 Å². The van der Waals surface area contributed by atoms with E-state index in [1.54, 1.807) is 26.8 Å². The predicted octanol–water partition coefficient (Wildman–Crippen LogP) is 4.36. The van der Waals surface area contributed by atoms with Crippen LogP contribution >= 0.6 is 0 Å². The van der Waals surface area contributed by atoms with Crippen molar-refractivity contribution < 1.29 is 33.7 Å². The van der Waals surface area contributed by atoms with E-state index in [1.165, 1.54) is 6.26 Å². The lowest BCUT2D eigenvalue weighted by atomic mass is 9.75. The number of oxazole rings is 1. The smallest absolute Gasteiger partial charge is 0.306 e. The van der Waals surface area contributed by atoms with Gasteiger partial charge in [0.2, 0.25) is 5.79 Å². The number of fused-ring (bicyclic) bond motifs is 1. The Hall–Kier alpha value is -2.03. The zero-order valence-electron chi connectivity index (χ0n) is 22.1. The zero-order chi connectivity index (χ0) is 26.2. The quantitative estimate of drug-likeness (QED) is 0.462. The van der Waals surface area contributed by atoms with Crippen molar-refractivity contribution in [2.45, 2.75) is 111 Å². The van der Waals surface area contributed by atoms with Crippen LogP contribution in [0.4, 0.5) is 0 Å². The molecule has 1 aromatic heterocycles. The van der Waals surface area contributed by atoms with Gasteiger partial charge in [-0.1, -0.05) is 40.5 Å². The lowest BCUT2D eigenvalue weighted by Crippen LogP contribution is -2.47. The highest BCUT2D eigenvalue weighted by molar-refractivity contribution is 5.86. The first kappa shape index (κ1) is 27.6. The summed E-state index contributed by atoms with van der Waals surface area (Å²) in [6, 6.07) is 0. The SMILES string of the molecule is CC(=Cc1coc(C)n1)C1OC(=O)CCC(C)(C)C(=O)C(C)CC(C)CCCC2(C)OC2(O)C1O. The molecule has 8 heteroatoms. The van der Waals surface area contributed by atoms with E-state index in [0.29, 0.717) is 35.9 Å². The molecule has 2 aliphatic rings. The van der Waals surface area contributed by atoms with Gasteiger partial charge >= 0.3 is 5.97 Å². The van der Waals surface area contributed by atoms with Gasteiger partial charge in [0.25, 0.3) is 0 Å². The number of ketones is 1. The molecule has 196 valence electrons. The van der Waals surface area contributed by atoms with Crippen LogP contribution in [0.5, 0.6) is 0 Å². The number of hydrogen-bond donors (Lipinski definition) is 2. The first-order valence-corrected chi connectivity index (χ1v) is 12.6. The molecule has 0 bridgehead atoms. The van der Waals surface area contributed by atoms with E-state index in [2.05, 4.69) is 11.9 Å². The fourth-order valence-electron chi connectivity index (χ4n) is 5.32. The van der Waals surface area contributed by atoms with Crippen molar-refractivity contribution in [2.75, 3.05) is 0 Å². The van der Waals surface area contributed by atoms with Gasteiger partial charge in [-0.25, -0.2) is 4.98 Å². The molecule has 2 N–H and O–H groups in total. The Morgan fingerprint density at radius 3 is 2.51 bits per heavy atom. The second-order valence-corrected chi connectivity index (χ2v) is 11.4. The molecule has 1 aromatic rings. The predicted molar refractivity (Wildman–Crippen MR) is 130 cm³/mol. The maximum Gasteiger partial charge on any atom is 0.306 e. The molecular formula is C27H41NO7. The highest BCUT2D eigenvalue weighted by atomic mass is 16.8. The molecule has 0 amide bonds. The van der Waals surface area contributed by atoms with Gasteiger partial charge in [-0.15, -0.1) is 0 Å². The number of aliphatic hydroxyl groups excluding tert-OH is 1. The molecule has 0 radical (unpaired) electrons. The Kier molecular flexibility index (Phi) is 7.99. The molecular weight excluding hydrogens is 450 g/mol. The van der Waals surface area contributed by atoms with Gasteiger partial charge in [0.15, 0.2) is 18.1 Å². The van der Waals surface area contributed by atoms with Crippen LogP contribution in [0.15, 0.2) is 16.3 Å². The lowest BCUT2D eigenvalue weighted by molar-refractivity contribution is -0.165. The number of rotatable bonds is 2. The molecule has 0 aromatic carbocycles. The van der Waals surface area contributed by atoms with E-state index < -0.39 is 35.0 Å². The van der Waals surface area contributed by atoms with Crippen molar-refractivity contribution in [1.82, 2.24) is 4.98 Å². The highest BCUT2D eigenvalue weighted by Gasteiger charge is 2.71. The standard InChI is InChI=1S/C27H41NO7/c1-16-9-8-11-26(7)27(32,35-26)24(31)22(17(2)14-20-15-33-19(4)28-20)34-21(29)10-12-25(5,6)23(30)18(3)13-16/h14-16,18,22,24,31-32H,8-13H2,1-7H3. The maximum atomic E-state index is 13.1. The van der Waals surface area contributed by atoms with Crippen LogP contribution in [0.25, 0.3) is 6.08 Å². The van der Waals surface area contributed by atoms with Gasteiger partial charge in [0.1, 0.15) is 23.3 Å². The zero-order valence-corrected chi connectivity index (χ0v) is 22.1. The molecule has 2 fully saturated rings. The fourth-order valence-corrected chi connectivity index (χ4v) is 5.32. The summed E-state index contributed by atoms with van der Waals surface area (Å²) < 4.78 is 16.7. The van der Waals surface area contributed by atoms with Crippen LogP contribution < -0.4 is 0 Å². The van der Waals surface area contributed by atoms with E-state index >= 15 is 0 Å². The fraction of sp³-hybridized carbons (Fsp3) is 0.741. The average Bonchev–Trinajstić information content (AvgIpc) is 3.09. The number of Topliss-reactive ketones (excluding diaryl/α,β-unsaturated/α-hetero) is 1. The van der Waals surface area contributed by atoms with E-state index in [1.807, 2.05) is 20.8 Å². The minimum absolute atomic E-state index is 0.0110. The summed E-state index contributed by atoms with van der Waals surface area (Å²) >= 11 is 0. The largest absolute Gasteiger partial charge is 0.455 e. The summed E-state index contributed by atoms with van der Waals surface area (Å²) in [6.45, 7) is 13.0. The summed E-state index contributed by atoms with van der Waals surface area (Å²) in [7, 11) is 0. The van der Waals surface area contributed by atoms with Crippen molar-refractivity contribution in [1.29, 1.82) is 0 Å². The number of aryl methyl sites for hydroxylation is 1. The minimum Gasteiger partial charge on any atom is -0.455 e. The average molecular weight is 492 g/mol. The molecule has 2 aliphatic heterocycles. The van der Waals surface area contributed by atoms with E-state index in [9.17, 15) is 19.8 Å². The maximum absolute atomic E-state index is 13.1. The van der Waals surface area contributed by atoms with Crippen molar-refractivity contribution in [3.63, 3.8) is 0 Å². The molecule has 3 heterocycles. The topological polar surface area (TPSA) is 122 Å². The second kappa shape index (κ2) is 10.1. The first-order chi connectivity index (χ1) is 16.2. The second-order valence-electron chi connectivity index (χ2n) is 11.4. The van der Waals surface area contributed by atoms with E-state index in [4.69, 9.17) is 13.9 Å². The molecule has 8 nitrogen and oxygen atoms in total. The number of esters is 1. The third-order valence-electron chi connectivity index (χ3n) is 7.68. The Morgan fingerprint density at radius 2 is 1.89 bits per heavy atom. The summed E-state index contributed by atoms with van der Waals surface area (Å²) in [5, 5.41) is 22.4. The number of carbonyl (C=O) groups excluding carboxylic acids is 2. The Labute approximate surface area is 208 Å². The number of cyclic esters (lactones) is 1. The molecule has 35 heavy (non-hydrogen) atoms. The van der Waals surface area contributed by atoms with Crippen LogP contribution in [0.1, 0.15) is 91.7 Å². The summed E-state index contributed by atoms with van der Waals surface area (Å²) in [4.78, 5) is 30.3. The summed E-state index contributed by atoms with van der Waals surface area (Å²) in [5.74, 6) is -1.56. The molecule has 3 rings (SSSR count). The van der Waals surface area contributed by atoms with Crippen molar-refractivity contribution in [3.8, 4) is 0 Å². The number of epoxide rings is 1. The Bertz CT molecular complexity index is 966. The Morgan fingerprint density at radius 1 is 1.20 bits per heavy atom. The number of nitrogens with zero attached hydrogens (tertiary/aromatic N) is 1. The molecule has 6 unspecified atom stereocenters. The number of ether oxygens (including phenoxy) is 2. The van der Waals surface area contributed by atoms with Gasteiger partial charge in [-0.2, -0.15) is 0 Å². The van der Waals surface area contributed by atoms with Crippen molar-refractivity contribution in [2.24, 2.45) is 17.3 Å². The number of carbonyl (C=O) groups is 2. The summed E-state index contributed by atoms with van der Waals surface area (Å²) in [6.07, 6.45) is 3.75. The molecule has 0 saturated carbocycles. The minimum atomic E-state index is -1.84. The van der Waals surface area contributed by atoms with E-state index in [0.717, 1.165) is 19.3 Å². The molecule has 2 saturated heterocycles. The molecule has 6 atom stereocenters. The lowest BCUT2D eigenvalue weighted by Gasteiger charge is -2.30. The number of hydrogen-bond acceptors (Lipinski definition) is 8. The van der Waals surface area contributed by atoms with Gasteiger partial charge in [-0.05, 0) is 50.7 Å². The Balaban J connectivity index is 1.90. The van der Waals surface area contributed by atoms with Crippen LogP contribution in [0.2, 0.25) is 0 Å². The first-order valence-electron chi connectivity index (χ1n) is 12.6. The van der Waals surface area contributed by atoms with Gasteiger partial charge in [0, 0.05) is 24.7 Å². The van der Waals surface area contributed by atoms with Crippen LogP contribution in [0, 0.1) is 24.2 Å². The van der Waals surface area contributed by atoms with Crippen molar-refractivity contribution in [3.05, 3.63) is 23.4 Å². The summed E-state index contributed by atoms with van der Waals surface area (Å²) in [5.41, 5.74) is -0.633. The highest BCUT2D eigenvalue weighted by Crippen LogP contribution is 2.53. The van der Waals surface area contributed by atoms with Crippen LogP contribution in [0.3, 0.4) is 0 Å². The van der Waals surface area contributed by atoms with Crippen LogP contribution in [-0.2, 0) is 19.1 Å². The normalized spacial score (nSPS) is 37.5. The molecule has 0 spiro atoms. The van der Waals surface area contributed by atoms with Gasteiger partial charge in [0.05, 0.1) is 0 Å². The van der Waals surface area contributed by atoms with Gasteiger partial charge in [-0.3, -0.25) is 9.59 Å². The monoisotopic (exact) mass is 491 g/mol.